The number of hydrogen-bond acceptors (Lipinski definition) is 2. The van der Waals surface area contributed by atoms with Crippen LogP contribution in [0.5, 0.6) is 0 Å². The van der Waals surface area contributed by atoms with Crippen molar-refractivity contribution in [2.45, 2.75) is 38.2 Å². The van der Waals surface area contributed by atoms with Gasteiger partial charge in [0, 0.05) is 40.6 Å². The first-order chi connectivity index (χ1) is 9.24. The molecule has 0 saturated carbocycles. The van der Waals surface area contributed by atoms with Crippen LogP contribution in [0.4, 0.5) is 10.5 Å². The number of anilines is 1. The van der Waals surface area contributed by atoms with Crippen LogP contribution in [0.1, 0.15) is 33.3 Å². The summed E-state index contributed by atoms with van der Waals surface area (Å²) in [6, 6.07) is 7.39. The van der Waals surface area contributed by atoms with Crippen molar-refractivity contribution < 1.29 is 9.00 Å². The SMILES string of the molecule is CCN(C)C(=O)Nc1cccc(C[S@](=O)C(C)(C)C)c1. The highest BCUT2D eigenvalue weighted by molar-refractivity contribution is 7.85. The molecule has 1 rings (SSSR count). The number of carbonyl (C=O) groups excluding carboxylic acids is 1. The van der Waals surface area contributed by atoms with Crippen LogP contribution in [0.3, 0.4) is 0 Å². The van der Waals surface area contributed by atoms with Gasteiger partial charge in [-0.2, -0.15) is 0 Å². The van der Waals surface area contributed by atoms with Gasteiger partial charge in [-0.25, -0.2) is 4.79 Å². The first kappa shape index (κ1) is 16.7. The minimum atomic E-state index is -0.943. The maximum absolute atomic E-state index is 12.1. The van der Waals surface area contributed by atoms with E-state index >= 15 is 0 Å². The molecule has 0 aliphatic heterocycles. The van der Waals surface area contributed by atoms with E-state index in [1.165, 1.54) is 0 Å². The third kappa shape index (κ3) is 4.96. The Morgan fingerprint density at radius 3 is 2.55 bits per heavy atom. The van der Waals surface area contributed by atoms with Gasteiger partial charge in [0.05, 0.1) is 0 Å². The molecule has 0 heterocycles. The van der Waals surface area contributed by atoms with E-state index in [1.807, 2.05) is 52.0 Å². The minimum absolute atomic E-state index is 0.137. The molecule has 112 valence electrons. The van der Waals surface area contributed by atoms with Gasteiger partial charge in [0.25, 0.3) is 0 Å². The fraction of sp³-hybridized carbons (Fsp3) is 0.533. The molecule has 5 heteroatoms. The largest absolute Gasteiger partial charge is 0.328 e. The van der Waals surface area contributed by atoms with Crippen molar-refractivity contribution in [1.29, 1.82) is 0 Å². The number of rotatable bonds is 4. The molecule has 1 aromatic rings. The third-order valence-corrected chi connectivity index (χ3v) is 4.94. The fourth-order valence-electron chi connectivity index (χ4n) is 1.47. The van der Waals surface area contributed by atoms with E-state index in [0.29, 0.717) is 12.3 Å². The molecule has 0 saturated heterocycles. The molecule has 0 bridgehead atoms. The standard InChI is InChI=1S/C15H24N2O2S/c1-6-17(5)14(18)16-13-9-7-8-12(10-13)11-20(19)15(2,3)4/h7-10H,6,11H2,1-5H3,(H,16,18)/t20-/m0/s1. The Bertz CT molecular complexity index is 495. The van der Waals surface area contributed by atoms with E-state index in [-0.39, 0.29) is 10.8 Å². The van der Waals surface area contributed by atoms with Crippen LogP contribution < -0.4 is 5.32 Å². The van der Waals surface area contributed by atoms with Crippen LogP contribution in [0, 0.1) is 0 Å². The van der Waals surface area contributed by atoms with Gasteiger partial charge < -0.3 is 10.2 Å². The maximum Gasteiger partial charge on any atom is 0.321 e. The third-order valence-electron chi connectivity index (χ3n) is 2.98. The number of urea groups is 1. The summed E-state index contributed by atoms with van der Waals surface area (Å²) in [4.78, 5) is 13.4. The summed E-state index contributed by atoms with van der Waals surface area (Å²) in [7, 11) is 0.801. The van der Waals surface area contributed by atoms with Crippen LogP contribution in [-0.4, -0.2) is 33.5 Å². The van der Waals surface area contributed by atoms with Gasteiger partial charge in [0.15, 0.2) is 0 Å². The van der Waals surface area contributed by atoms with E-state index < -0.39 is 10.8 Å². The van der Waals surface area contributed by atoms with E-state index in [4.69, 9.17) is 0 Å². The zero-order valence-electron chi connectivity index (χ0n) is 12.9. The molecule has 0 spiro atoms. The molecule has 0 radical (unpaired) electrons. The van der Waals surface area contributed by atoms with Crippen molar-refractivity contribution in [3.05, 3.63) is 29.8 Å². The summed E-state index contributed by atoms with van der Waals surface area (Å²) >= 11 is 0. The van der Waals surface area contributed by atoms with Gasteiger partial charge in [0.1, 0.15) is 0 Å². The minimum Gasteiger partial charge on any atom is -0.328 e. The lowest BCUT2D eigenvalue weighted by Crippen LogP contribution is -2.31. The van der Waals surface area contributed by atoms with Gasteiger partial charge in [0.2, 0.25) is 0 Å². The Hall–Kier alpha value is -1.36. The first-order valence-electron chi connectivity index (χ1n) is 6.73. The average Bonchev–Trinajstić information content (AvgIpc) is 2.37. The summed E-state index contributed by atoms with van der Waals surface area (Å²) < 4.78 is 11.9. The normalized spacial score (nSPS) is 12.8. The highest BCUT2D eigenvalue weighted by Crippen LogP contribution is 2.18. The quantitative estimate of drug-likeness (QED) is 0.927. The smallest absolute Gasteiger partial charge is 0.321 e. The van der Waals surface area contributed by atoms with Crippen molar-refractivity contribution in [3.63, 3.8) is 0 Å². The van der Waals surface area contributed by atoms with E-state index in [2.05, 4.69) is 5.32 Å². The second kappa shape index (κ2) is 6.88. The maximum atomic E-state index is 12.1. The summed E-state index contributed by atoms with van der Waals surface area (Å²) in [5.74, 6) is 0.497. The molecule has 20 heavy (non-hydrogen) atoms. The van der Waals surface area contributed by atoms with Gasteiger partial charge in [-0.3, -0.25) is 4.21 Å². The van der Waals surface area contributed by atoms with Crippen molar-refractivity contribution >= 4 is 22.5 Å². The lowest BCUT2D eigenvalue weighted by atomic mass is 10.2. The molecule has 0 unspecified atom stereocenters. The molecule has 1 N–H and O–H groups in total. The van der Waals surface area contributed by atoms with E-state index in [9.17, 15) is 9.00 Å². The molecule has 4 nitrogen and oxygen atoms in total. The first-order valence-corrected chi connectivity index (χ1v) is 8.05. The molecule has 2 amide bonds. The topological polar surface area (TPSA) is 49.4 Å². The number of amides is 2. The molecule has 0 aromatic heterocycles. The Balaban J connectivity index is 2.76. The predicted molar refractivity (Wildman–Crippen MR) is 85.4 cm³/mol. The van der Waals surface area contributed by atoms with Crippen molar-refractivity contribution in [1.82, 2.24) is 4.90 Å². The molecule has 1 aromatic carbocycles. The summed E-state index contributed by atoms with van der Waals surface area (Å²) in [5, 5.41) is 2.83. The number of carbonyl (C=O) groups is 1. The number of nitrogens with one attached hydrogen (secondary N) is 1. The lowest BCUT2D eigenvalue weighted by molar-refractivity contribution is 0.224. The highest BCUT2D eigenvalue weighted by atomic mass is 32.2. The summed E-state index contributed by atoms with van der Waals surface area (Å²) in [6.45, 7) is 8.46. The highest BCUT2D eigenvalue weighted by Gasteiger charge is 2.19. The molecule has 0 aliphatic carbocycles. The molecule has 1 atom stereocenters. The second-order valence-corrected chi connectivity index (χ2v) is 7.95. The molecular formula is C15H24N2O2S. The second-order valence-electron chi connectivity index (χ2n) is 5.75. The Morgan fingerprint density at radius 2 is 2.00 bits per heavy atom. The van der Waals surface area contributed by atoms with E-state index in [0.717, 1.165) is 11.3 Å². The number of nitrogens with zero attached hydrogens (tertiary/aromatic N) is 1. The van der Waals surface area contributed by atoms with Crippen molar-refractivity contribution in [2.75, 3.05) is 18.9 Å². The van der Waals surface area contributed by atoms with Crippen LogP contribution in [0.15, 0.2) is 24.3 Å². The van der Waals surface area contributed by atoms with Gasteiger partial charge in [-0.05, 0) is 45.4 Å². The molecule has 0 fully saturated rings. The van der Waals surface area contributed by atoms with Crippen molar-refractivity contribution in [2.24, 2.45) is 0 Å². The van der Waals surface area contributed by atoms with Gasteiger partial charge in [-0.15, -0.1) is 0 Å². The summed E-state index contributed by atoms with van der Waals surface area (Å²) in [6.07, 6.45) is 0. The van der Waals surface area contributed by atoms with Crippen LogP contribution in [0.25, 0.3) is 0 Å². The van der Waals surface area contributed by atoms with Crippen LogP contribution in [0.2, 0.25) is 0 Å². The number of hydrogen-bond donors (Lipinski definition) is 1. The average molecular weight is 296 g/mol. The van der Waals surface area contributed by atoms with Crippen LogP contribution in [-0.2, 0) is 16.6 Å². The molecule has 0 aliphatic rings. The van der Waals surface area contributed by atoms with Crippen LogP contribution >= 0.6 is 0 Å². The fourth-order valence-corrected chi connectivity index (χ4v) is 2.38. The molecular weight excluding hydrogens is 272 g/mol. The number of benzene rings is 1. The Kier molecular flexibility index (Phi) is 5.74. The zero-order valence-corrected chi connectivity index (χ0v) is 13.7. The van der Waals surface area contributed by atoms with Gasteiger partial charge >= 0.3 is 6.03 Å². The monoisotopic (exact) mass is 296 g/mol. The Morgan fingerprint density at radius 1 is 1.35 bits per heavy atom. The predicted octanol–water partition coefficient (Wildman–Crippen LogP) is 3.22. The Labute approximate surface area is 124 Å². The lowest BCUT2D eigenvalue weighted by Gasteiger charge is -2.18. The van der Waals surface area contributed by atoms with E-state index in [1.54, 1.807) is 11.9 Å². The summed E-state index contributed by atoms with van der Waals surface area (Å²) in [5.41, 5.74) is 1.70. The van der Waals surface area contributed by atoms with Crippen molar-refractivity contribution in [3.8, 4) is 0 Å². The zero-order chi connectivity index (χ0) is 15.3. The van der Waals surface area contributed by atoms with Gasteiger partial charge in [-0.1, -0.05) is 12.1 Å².